The van der Waals surface area contributed by atoms with Crippen molar-refractivity contribution in [2.75, 3.05) is 5.32 Å². The molecule has 0 aliphatic rings. The number of carbonyl (C=O) groups excluding carboxylic acids is 1. The maximum atomic E-state index is 12.2. The summed E-state index contributed by atoms with van der Waals surface area (Å²) in [6.07, 6.45) is 1.62. The third-order valence-electron chi connectivity index (χ3n) is 3.26. The number of hydrogen-bond acceptors (Lipinski definition) is 3. The molecule has 0 atom stereocenters. The Morgan fingerprint density at radius 2 is 1.68 bits per heavy atom. The highest BCUT2D eigenvalue weighted by molar-refractivity contribution is 6.37. The number of para-hydroxylation sites is 2. The quantitative estimate of drug-likeness (QED) is 0.650. The highest BCUT2D eigenvalue weighted by Gasteiger charge is 2.12. The summed E-state index contributed by atoms with van der Waals surface area (Å²) in [6.45, 7) is 0.0584. The second-order valence-electron chi connectivity index (χ2n) is 5.00. The number of nitrogens with one attached hydrogen (secondary N) is 1. The van der Waals surface area contributed by atoms with Gasteiger partial charge < -0.3 is 10.1 Å². The number of carbonyl (C=O) groups is 1. The van der Waals surface area contributed by atoms with E-state index in [0.29, 0.717) is 26.5 Å². The molecule has 2 aromatic carbocycles. The number of rotatable bonds is 5. The van der Waals surface area contributed by atoms with Crippen LogP contribution in [0.5, 0.6) is 5.75 Å². The van der Waals surface area contributed by atoms with Crippen molar-refractivity contribution in [2.24, 2.45) is 0 Å². The number of amides is 1. The number of ether oxygens (including phenoxy) is 1. The number of hydrogen-bond donors (Lipinski definition) is 1. The Labute approximate surface area is 159 Å². The number of aromatic nitrogens is 2. The summed E-state index contributed by atoms with van der Waals surface area (Å²) in [7, 11) is 0. The Hall–Kier alpha value is -2.21. The summed E-state index contributed by atoms with van der Waals surface area (Å²) in [5.74, 6) is -0.00831. The molecule has 1 heterocycles. The molecule has 0 bridgehead atoms. The first-order valence-electron chi connectivity index (χ1n) is 7.21. The zero-order chi connectivity index (χ0) is 17.8. The minimum Gasteiger partial charge on any atom is -0.468 e. The Morgan fingerprint density at radius 1 is 1.00 bits per heavy atom. The molecule has 25 heavy (non-hydrogen) atoms. The van der Waals surface area contributed by atoms with E-state index < -0.39 is 0 Å². The predicted molar refractivity (Wildman–Crippen MR) is 98.7 cm³/mol. The number of nitrogens with zero attached hydrogens (tertiary/aromatic N) is 2. The lowest BCUT2D eigenvalue weighted by atomic mass is 10.3. The van der Waals surface area contributed by atoms with Crippen molar-refractivity contribution in [2.45, 2.75) is 6.73 Å². The topological polar surface area (TPSA) is 56.2 Å². The molecule has 3 aromatic rings. The smallest absolute Gasteiger partial charge is 0.276 e. The lowest BCUT2D eigenvalue weighted by Crippen LogP contribution is -2.14. The molecule has 128 valence electrons. The summed E-state index contributed by atoms with van der Waals surface area (Å²) in [5, 5.41) is 8.11. The van der Waals surface area contributed by atoms with Crippen molar-refractivity contribution < 1.29 is 9.53 Å². The van der Waals surface area contributed by atoms with Gasteiger partial charge in [-0.1, -0.05) is 53.0 Å². The molecule has 0 saturated heterocycles. The van der Waals surface area contributed by atoms with E-state index >= 15 is 0 Å². The second-order valence-corrected chi connectivity index (χ2v) is 6.22. The van der Waals surface area contributed by atoms with Gasteiger partial charge in [-0.3, -0.25) is 4.79 Å². The fraction of sp³-hybridized carbons (Fsp3) is 0.0588. The fourth-order valence-corrected chi connectivity index (χ4v) is 2.74. The molecule has 0 fully saturated rings. The predicted octanol–water partition coefficient (Wildman–Crippen LogP) is 5.13. The van der Waals surface area contributed by atoms with Gasteiger partial charge >= 0.3 is 0 Å². The zero-order valence-electron chi connectivity index (χ0n) is 12.7. The van der Waals surface area contributed by atoms with Gasteiger partial charge in [0.05, 0.1) is 20.8 Å². The second kappa shape index (κ2) is 7.78. The molecule has 0 aliphatic carbocycles. The summed E-state index contributed by atoms with van der Waals surface area (Å²) in [5.41, 5.74) is 0.747. The average molecular weight is 397 g/mol. The normalized spacial score (nSPS) is 10.5. The van der Waals surface area contributed by atoms with Crippen LogP contribution in [0, 0.1) is 0 Å². The first kappa shape index (κ1) is 17.6. The van der Waals surface area contributed by atoms with Crippen molar-refractivity contribution in [3.63, 3.8) is 0 Å². The van der Waals surface area contributed by atoms with Crippen LogP contribution in [0.4, 0.5) is 5.69 Å². The first-order chi connectivity index (χ1) is 12.0. The van der Waals surface area contributed by atoms with Crippen LogP contribution in [-0.2, 0) is 6.73 Å². The van der Waals surface area contributed by atoms with E-state index in [0.717, 1.165) is 0 Å². The molecule has 0 radical (unpaired) electrons. The molecule has 3 rings (SSSR count). The standard InChI is InChI=1S/C17H12Cl3N3O2/c18-11-4-1-2-7-14(11)21-17(24)15-8-9-23(22-15)10-25-16-12(19)5-3-6-13(16)20/h1-9H,10H2,(H,21,24). The Bertz CT molecular complexity index is 891. The van der Waals surface area contributed by atoms with Gasteiger partial charge in [-0.15, -0.1) is 0 Å². The van der Waals surface area contributed by atoms with Crippen LogP contribution < -0.4 is 10.1 Å². The zero-order valence-corrected chi connectivity index (χ0v) is 15.0. The van der Waals surface area contributed by atoms with Gasteiger partial charge in [0.25, 0.3) is 5.91 Å². The summed E-state index contributed by atoms with van der Waals surface area (Å²) < 4.78 is 7.03. The molecule has 8 heteroatoms. The van der Waals surface area contributed by atoms with E-state index in [4.69, 9.17) is 39.5 Å². The molecule has 1 amide bonds. The van der Waals surface area contributed by atoms with Crippen LogP contribution in [0.3, 0.4) is 0 Å². The van der Waals surface area contributed by atoms with Gasteiger partial charge in [0.15, 0.2) is 18.2 Å². The lowest BCUT2D eigenvalue weighted by Gasteiger charge is -2.09. The van der Waals surface area contributed by atoms with Crippen LogP contribution in [0.1, 0.15) is 10.5 Å². The molecule has 1 N–H and O–H groups in total. The molecule has 0 unspecified atom stereocenters. The van der Waals surface area contributed by atoms with Gasteiger partial charge in [0.2, 0.25) is 0 Å². The average Bonchev–Trinajstić information content (AvgIpc) is 3.05. The van der Waals surface area contributed by atoms with E-state index in [1.54, 1.807) is 54.7 Å². The highest BCUT2D eigenvalue weighted by Crippen LogP contribution is 2.32. The van der Waals surface area contributed by atoms with Crippen molar-refractivity contribution in [3.05, 3.63) is 75.5 Å². The van der Waals surface area contributed by atoms with Crippen LogP contribution in [-0.4, -0.2) is 15.7 Å². The molecule has 0 spiro atoms. The van der Waals surface area contributed by atoms with E-state index in [9.17, 15) is 4.79 Å². The van der Waals surface area contributed by atoms with Gasteiger partial charge in [-0.2, -0.15) is 5.10 Å². The van der Waals surface area contributed by atoms with E-state index in [-0.39, 0.29) is 18.3 Å². The Kier molecular flexibility index (Phi) is 5.48. The number of halogens is 3. The Morgan fingerprint density at radius 3 is 2.40 bits per heavy atom. The fourth-order valence-electron chi connectivity index (χ4n) is 2.05. The SMILES string of the molecule is O=C(Nc1ccccc1Cl)c1ccn(COc2c(Cl)cccc2Cl)n1. The van der Waals surface area contributed by atoms with Crippen LogP contribution in [0.15, 0.2) is 54.7 Å². The number of benzene rings is 2. The van der Waals surface area contributed by atoms with Gasteiger partial charge in [0, 0.05) is 6.20 Å². The minimum absolute atomic E-state index is 0.0584. The minimum atomic E-state index is -0.373. The third kappa shape index (κ3) is 4.25. The molecule has 1 aromatic heterocycles. The summed E-state index contributed by atoms with van der Waals surface area (Å²) in [4.78, 5) is 12.2. The van der Waals surface area contributed by atoms with E-state index in [1.165, 1.54) is 4.68 Å². The highest BCUT2D eigenvalue weighted by atomic mass is 35.5. The molecular formula is C17H12Cl3N3O2. The van der Waals surface area contributed by atoms with E-state index in [2.05, 4.69) is 10.4 Å². The van der Waals surface area contributed by atoms with Crippen molar-refractivity contribution in [1.82, 2.24) is 9.78 Å². The molecule has 0 aliphatic heterocycles. The largest absolute Gasteiger partial charge is 0.468 e. The van der Waals surface area contributed by atoms with Gasteiger partial charge in [-0.25, -0.2) is 4.68 Å². The maximum absolute atomic E-state index is 12.2. The van der Waals surface area contributed by atoms with Gasteiger partial charge in [-0.05, 0) is 30.3 Å². The summed E-state index contributed by atoms with van der Waals surface area (Å²) >= 11 is 18.1. The molecule has 0 saturated carbocycles. The van der Waals surface area contributed by atoms with Crippen LogP contribution in [0.2, 0.25) is 15.1 Å². The summed E-state index contributed by atoms with van der Waals surface area (Å²) in [6, 6.07) is 13.6. The van der Waals surface area contributed by atoms with Crippen LogP contribution >= 0.6 is 34.8 Å². The van der Waals surface area contributed by atoms with Crippen molar-refractivity contribution in [1.29, 1.82) is 0 Å². The Balaban J connectivity index is 1.66. The first-order valence-corrected chi connectivity index (χ1v) is 8.34. The molecule has 5 nitrogen and oxygen atoms in total. The van der Waals surface area contributed by atoms with E-state index in [1.807, 2.05) is 0 Å². The van der Waals surface area contributed by atoms with Crippen LogP contribution in [0.25, 0.3) is 0 Å². The molecular weight excluding hydrogens is 385 g/mol. The lowest BCUT2D eigenvalue weighted by molar-refractivity contribution is 0.102. The van der Waals surface area contributed by atoms with Crippen molar-refractivity contribution >= 4 is 46.4 Å². The monoisotopic (exact) mass is 395 g/mol. The maximum Gasteiger partial charge on any atom is 0.276 e. The van der Waals surface area contributed by atoms with Gasteiger partial charge in [0.1, 0.15) is 0 Å². The van der Waals surface area contributed by atoms with Crippen molar-refractivity contribution in [3.8, 4) is 5.75 Å². The third-order valence-corrected chi connectivity index (χ3v) is 4.18. The number of anilines is 1.